The van der Waals surface area contributed by atoms with Crippen molar-refractivity contribution in [1.82, 2.24) is 0 Å². The molecule has 1 aliphatic carbocycles. The lowest BCUT2D eigenvalue weighted by molar-refractivity contribution is -0.0113. The van der Waals surface area contributed by atoms with E-state index in [1.54, 1.807) is 38.1 Å². The van der Waals surface area contributed by atoms with Gasteiger partial charge in [-0.15, -0.1) is 0 Å². The second kappa shape index (κ2) is 19.9. The zero-order chi connectivity index (χ0) is 35.9. The van der Waals surface area contributed by atoms with Gasteiger partial charge in [0.2, 0.25) is 5.43 Å². The predicted molar refractivity (Wildman–Crippen MR) is 180 cm³/mol. The maximum Gasteiger partial charge on any atom is 0.339 e. The molecule has 1 aliphatic rings. The summed E-state index contributed by atoms with van der Waals surface area (Å²) in [4.78, 5) is 41.3. The first-order valence-electron chi connectivity index (χ1n) is 16.1. The molecule has 0 spiro atoms. The zero-order valence-electron chi connectivity index (χ0n) is 28.8. The van der Waals surface area contributed by atoms with E-state index < -0.39 is 17.2 Å². The molecule has 0 atom stereocenters. The van der Waals surface area contributed by atoms with Gasteiger partial charge in [0.1, 0.15) is 18.5 Å². The monoisotopic (exact) mass is 700 g/mol. The topological polar surface area (TPSA) is 168 Å². The number of carbonyl (C=O) groups excluding carboxylic acids is 2. The molecule has 0 amide bonds. The molecule has 0 saturated heterocycles. The fraction of sp³-hybridized carbons (Fsp3) is 0.472. The van der Waals surface area contributed by atoms with Crippen molar-refractivity contribution in [3.63, 3.8) is 0 Å². The number of allylic oxidation sites excluding steroid dienone is 2. The van der Waals surface area contributed by atoms with Crippen LogP contribution in [-0.2, 0) is 39.6 Å². The lowest BCUT2D eigenvalue weighted by Gasteiger charge is -2.20. The zero-order valence-corrected chi connectivity index (χ0v) is 28.8. The SMILES string of the molecule is COCOc1cc2c(cc1OCOC)C(=O)C(c1coc3cc(C)c(C)c(C(=O)OCCOCCOCCOCCOCCO)c3c1=O)=CC2. The molecular weight excluding hydrogens is 656 g/mol. The maximum atomic E-state index is 14.1. The molecule has 0 fully saturated rings. The third-order valence-electron chi connectivity index (χ3n) is 7.74. The van der Waals surface area contributed by atoms with Crippen LogP contribution in [0, 0.1) is 13.8 Å². The number of rotatable bonds is 22. The second-order valence-electron chi connectivity index (χ2n) is 11.1. The minimum atomic E-state index is -0.710. The Balaban J connectivity index is 1.43. The third-order valence-corrected chi connectivity index (χ3v) is 7.74. The van der Waals surface area contributed by atoms with E-state index in [1.807, 2.05) is 0 Å². The molecule has 14 nitrogen and oxygen atoms in total. The molecule has 14 heteroatoms. The minimum Gasteiger partial charge on any atom is -0.464 e. The Morgan fingerprint density at radius 1 is 0.780 bits per heavy atom. The number of fused-ring (bicyclic) bond motifs is 2. The van der Waals surface area contributed by atoms with Crippen molar-refractivity contribution in [2.75, 3.05) is 93.9 Å². The molecule has 1 N–H and O–H groups in total. The smallest absolute Gasteiger partial charge is 0.339 e. The van der Waals surface area contributed by atoms with E-state index in [-0.39, 0.29) is 80.0 Å². The van der Waals surface area contributed by atoms with Crippen LogP contribution in [0.2, 0.25) is 0 Å². The van der Waals surface area contributed by atoms with Crippen molar-refractivity contribution in [1.29, 1.82) is 0 Å². The highest BCUT2D eigenvalue weighted by Crippen LogP contribution is 2.37. The highest BCUT2D eigenvalue weighted by molar-refractivity contribution is 6.30. The van der Waals surface area contributed by atoms with Gasteiger partial charge in [0.15, 0.2) is 30.9 Å². The van der Waals surface area contributed by atoms with E-state index in [0.29, 0.717) is 61.9 Å². The van der Waals surface area contributed by atoms with Crippen LogP contribution < -0.4 is 14.9 Å². The average Bonchev–Trinajstić information content (AvgIpc) is 3.11. The summed E-state index contributed by atoms with van der Waals surface area (Å²) in [5, 5.41) is 8.68. The molecule has 2 aromatic carbocycles. The van der Waals surface area contributed by atoms with Crippen LogP contribution in [0.4, 0.5) is 0 Å². The molecule has 3 aromatic rings. The van der Waals surface area contributed by atoms with E-state index in [0.717, 1.165) is 5.56 Å². The number of benzene rings is 2. The highest BCUT2D eigenvalue weighted by atomic mass is 16.7. The largest absolute Gasteiger partial charge is 0.464 e. The van der Waals surface area contributed by atoms with Gasteiger partial charge in [-0.1, -0.05) is 6.08 Å². The Morgan fingerprint density at radius 3 is 1.96 bits per heavy atom. The molecule has 272 valence electrons. The van der Waals surface area contributed by atoms with E-state index in [1.165, 1.54) is 20.5 Å². The fourth-order valence-corrected chi connectivity index (χ4v) is 5.18. The minimum absolute atomic E-state index is 0.0216. The van der Waals surface area contributed by atoms with E-state index in [4.69, 9.17) is 52.2 Å². The molecule has 1 aromatic heterocycles. The Labute approximate surface area is 289 Å². The number of ether oxygens (including phenoxy) is 9. The summed E-state index contributed by atoms with van der Waals surface area (Å²) < 4.78 is 54.1. The number of carbonyl (C=O) groups is 2. The Kier molecular flexibility index (Phi) is 15.4. The number of hydrogen-bond acceptors (Lipinski definition) is 14. The number of methoxy groups -OCH3 is 2. The first kappa shape index (κ1) is 38.6. The van der Waals surface area contributed by atoms with Crippen LogP contribution in [0.3, 0.4) is 0 Å². The van der Waals surface area contributed by atoms with Gasteiger partial charge in [-0.2, -0.15) is 0 Å². The van der Waals surface area contributed by atoms with E-state index >= 15 is 0 Å². The van der Waals surface area contributed by atoms with Crippen molar-refractivity contribution < 1.29 is 61.7 Å². The molecule has 0 unspecified atom stereocenters. The quantitative estimate of drug-likeness (QED) is 0.0920. The van der Waals surface area contributed by atoms with Gasteiger partial charge in [0.25, 0.3) is 0 Å². The van der Waals surface area contributed by atoms with E-state index in [9.17, 15) is 14.4 Å². The molecule has 0 aliphatic heterocycles. The molecule has 0 saturated carbocycles. The van der Waals surface area contributed by atoms with Gasteiger partial charge in [-0.3, -0.25) is 9.59 Å². The highest BCUT2D eigenvalue weighted by Gasteiger charge is 2.29. The fourth-order valence-electron chi connectivity index (χ4n) is 5.18. The van der Waals surface area contributed by atoms with Gasteiger partial charge in [-0.25, -0.2) is 4.79 Å². The van der Waals surface area contributed by atoms with Crippen LogP contribution in [0.15, 0.2) is 39.7 Å². The number of hydrogen-bond donors (Lipinski definition) is 1. The summed E-state index contributed by atoms with van der Waals surface area (Å²) in [5.74, 6) is -0.468. The summed E-state index contributed by atoms with van der Waals surface area (Å²) >= 11 is 0. The number of esters is 1. The summed E-state index contributed by atoms with van der Waals surface area (Å²) in [7, 11) is 2.96. The van der Waals surface area contributed by atoms with Gasteiger partial charge in [-0.05, 0) is 55.2 Å². The van der Waals surface area contributed by atoms with Crippen LogP contribution >= 0.6 is 0 Å². The predicted octanol–water partition coefficient (Wildman–Crippen LogP) is 3.41. The van der Waals surface area contributed by atoms with Crippen molar-refractivity contribution in [2.24, 2.45) is 0 Å². The standard InChI is InChI=1S/C36H44O14/c1-23-17-31-33(32(24(23)2)36(40)47-16-15-46-14-13-45-12-11-44-10-9-43-8-7-37)35(39)28(20-48-31)26-6-5-25-18-29(49-21-41-3)30(50-22-42-4)19-27(25)34(26)38/h6,17-20,37H,5,7-16,21-22H2,1-4H3. The number of ketones is 1. The molecule has 1 heterocycles. The van der Waals surface area contributed by atoms with Crippen LogP contribution in [0.5, 0.6) is 11.5 Å². The van der Waals surface area contributed by atoms with Crippen molar-refractivity contribution in [3.05, 3.63) is 74.1 Å². The second-order valence-corrected chi connectivity index (χ2v) is 11.1. The van der Waals surface area contributed by atoms with Gasteiger partial charge >= 0.3 is 5.97 Å². The molecular formula is C36H44O14. The van der Waals surface area contributed by atoms with Crippen LogP contribution in [0.25, 0.3) is 16.5 Å². The number of Topliss-reactive ketones (excluding diaryl/α,β-unsaturated/α-hetero) is 1. The Bertz CT molecular complexity index is 1690. The Hall–Kier alpha value is -4.15. The molecule has 50 heavy (non-hydrogen) atoms. The summed E-state index contributed by atoms with van der Waals surface area (Å²) in [6, 6.07) is 4.93. The lowest BCUT2D eigenvalue weighted by Crippen LogP contribution is -2.21. The number of aliphatic hydroxyl groups excluding tert-OH is 1. The normalized spacial score (nSPS) is 12.6. The van der Waals surface area contributed by atoms with Crippen molar-refractivity contribution in [3.8, 4) is 11.5 Å². The summed E-state index contributed by atoms with van der Waals surface area (Å²) in [5.41, 5.74) is 2.19. The summed E-state index contributed by atoms with van der Waals surface area (Å²) in [6.07, 6.45) is 3.23. The maximum absolute atomic E-state index is 14.1. The molecule has 0 bridgehead atoms. The number of aryl methyl sites for hydroxylation is 1. The van der Waals surface area contributed by atoms with Gasteiger partial charge < -0.3 is 52.2 Å². The first-order chi connectivity index (χ1) is 24.3. The first-order valence-corrected chi connectivity index (χ1v) is 16.1. The lowest BCUT2D eigenvalue weighted by atomic mass is 9.86. The van der Waals surface area contributed by atoms with Crippen LogP contribution in [0.1, 0.15) is 43.0 Å². The van der Waals surface area contributed by atoms with Crippen molar-refractivity contribution >= 4 is 28.3 Å². The summed E-state index contributed by atoms with van der Waals surface area (Å²) in [6.45, 7) is 5.94. The number of aliphatic hydroxyl groups is 1. The average molecular weight is 701 g/mol. The van der Waals surface area contributed by atoms with Crippen molar-refractivity contribution in [2.45, 2.75) is 20.3 Å². The molecule has 0 radical (unpaired) electrons. The Morgan fingerprint density at radius 2 is 1.36 bits per heavy atom. The van der Waals surface area contributed by atoms with E-state index in [2.05, 4.69) is 0 Å². The molecule has 4 rings (SSSR count). The van der Waals surface area contributed by atoms with Crippen LogP contribution in [-0.4, -0.2) is 111 Å². The van der Waals surface area contributed by atoms with Gasteiger partial charge in [0, 0.05) is 25.4 Å². The van der Waals surface area contributed by atoms with Gasteiger partial charge in [0.05, 0.1) is 76.0 Å². The third kappa shape index (κ3) is 9.97.